The van der Waals surface area contributed by atoms with Gasteiger partial charge in [0.1, 0.15) is 5.82 Å². The van der Waals surface area contributed by atoms with Gasteiger partial charge in [0.15, 0.2) is 0 Å². The zero-order chi connectivity index (χ0) is 17.8. The summed E-state index contributed by atoms with van der Waals surface area (Å²) in [7, 11) is 3.96. The quantitative estimate of drug-likeness (QED) is 0.711. The molecule has 7 heteroatoms. The number of aromatic amines is 1. The number of carbonyl (C=O) groups excluding carboxylic acids is 1. The van der Waals surface area contributed by atoms with Crippen molar-refractivity contribution in [2.24, 2.45) is 0 Å². The van der Waals surface area contributed by atoms with Gasteiger partial charge in [0.05, 0.1) is 23.5 Å². The fourth-order valence-electron chi connectivity index (χ4n) is 2.64. The van der Waals surface area contributed by atoms with E-state index in [9.17, 15) is 9.18 Å². The Morgan fingerprint density at radius 2 is 2.08 bits per heavy atom. The number of nitrogens with one attached hydrogen (secondary N) is 2. The molecule has 1 amide bonds. The number of amides is 1. The molecule has 0 aliphatic rings. The molecule has 2 N–H and O–H groups in total. The Hall–Kier alpha value is -2.51. The predicted octanol–water partition coefficient (Wildman–Crippen LogP) is 3.31. The molecule has 0 spiro atoms. The molecule has 1 aromatic carbocycles. The number of H-pyrrole nitrogens is 1. The summed E-state index contributed by atoms with van der Waals surface area (Å²) in [5.74, 6) is -0.533. The molecule has 0 aliphatic carbocycles. The molecule has 3 aromatic rings. The van der Waals surface area contributed by atoms with Crippen molar-refractivity contribution < 1.29 is 9.18 Å². The fraction of sp³-hybridized carbons (Fsp3) is 0.222. The Morgan fingerprint density at radius 1 is 1.32 bits per heavy atom. The van der Waals surface area contributed by atoms with E-state index in [0.29, 0.717) is 23.4 Å². The van der Waals surface area contributed by atoms with Gasteiger partial charge < -0.3 is 10.2 Å². The van der Waals surface area contributed by atoms with Crippen molar-refractivity contribution in [3.8, 4) is 11.3 Å². The fourth-order valence-corrected chi connectivity index (χ4v) is 3.35. The third kappa shape index (κ3) is 3.94. The highest BCUT2D eigenvalue weighted by atomic mass is 32.1. The van der Waals surface area contributed by atoms with E-state index in [1.807, 2.05) is 19.5 Å². The van der Waals surface area contributed by atoms with E-state index in [1.165, 1.54) is 23.9 Å². The van der Waals surface area contributed by atoms with Crippen LogP contribution >= 0.6 is 11.3 Å². The van der Waals surface area contributed by atoms with Gasteiger partial charge in [-0.1, -0.05) is 0 Å². The summed E-state index contributed by atoms with van der Waals surface area (Å²) in [6.07, 6.45) is 1.49. The average molecular weight is 358 g/mol. The molecule has 2 heterocycles. The number of nitrogens with zero attached hydrogens (tertiary/aromatic N) is 2. The lowest BCUT2D eigenvalue weighted by atomic mass is 10.1. The standard InChI is InChI=1S/C18H19FN4OS/c1-23(2)16(13-7-8-25-11-13)10-20-18(24)15-9-21-22-17(15)12-3-5-14(19)6-4-12/h3-9,11,16H,10H2,1-2H3,(H,20,24)(H,21,22)/t16-/m1/s1. The molecule has 1 atom stereocenters. The minimum absolute atomic E-state index is 0.0939. The number of hydrogen-bond acceptors (Lipinski definition) is 4. The molecule has 0 saturated heterocycles. The summed E-state index contributed by atoms with van der Waals surface area (Å²) >= 11 is 1.63. The Kier molecular flexibility index (Phi) is 5.25. The monoisotopic (exact) mass is 358 g/mol. The van der Waals surface area contributed by atoms with Crippen molar-refractivity contribution in [3.63, 3.8) is 0 Å². The van der Waals surface area contributed by atoms with Gasteiger partial charge in [0.2, 0.25) is 0 Å². The van der Waals surface area contributed by atoms with Gasteiger partial charge in [-0.2, -0.15) is 16.4 Å². The number of rotatable bonds is 6. The van der Waals surface area contributed by atoms with E-state index in [0.717, 1.165) is 0 Å². The molecule has 0 fully saturated rings. The van der Waals surface area contributed by atoms with Gasteiger partial charge in [0, 0.05) is 12.1 Å². The van der Waals surface area contributed by atoms with Crippen LogP contribution in [0.15, 0.2) is 47.3 Å². The molecule has 3 rings (SSSR count). The van der Waals surface area contributed by atoms with Crippen molar-refractivity contribution >= 4 is 17.2 Å². The zero-order valence-electron chi connectivity index (χ0n) is 14.0. The van der Waals surface area contributed by atoms with Crippen molar-refractivity contribution in [2.75, 3.05) is 20.6 Å². The van der Waals surface area contributed by atoms with Crippen LogP contribution in [0.1, 0.15) is 22.0 Å². The van der Waals surface area contributed by atoms with Crippen LogP contribution in [0.4, 0.5) is 4.39 Å². The maximum atomic E-state index is 13.1. The van der Waals surface area contributed by atoms with Crippen LogP contribution in [0.5, 0.6) is 0 Å². The molecular formula is C18H19FN4OS. The first-order valence-electron chi connectivity index (χ1n) is 7.82. The van der Waals surface area contributed by atoms with Crippen LogP contribution in [-0.2, 0) is 0 Å². The largest absolute Gasteiger partial charge is 0.350 e. The molecule has 0 aliphatic heterocycles. The van der Waals surface area contributed by atoms with Gasteiger partial charge in [-0.15, -0.1) is 0 Å². The second kappa shape index (κ2) is 7.58. The lowest BCUT2D eigenvalue weighted by Gasteiger charge is -2.24. The summed E-state index contributed by atoms with van der Waals surface area (Å²) in [4.78, 5) is 14.7. The molecule has 0 saturated carbocycles. The number of aromatic nitrogens is 2. The highest BCUT2D eigenvalue weighted by Crippen LogP contribution is 2.23. The van der Waals surface area contributed by atoms with Crippen LogP contribution in [0, 0.1) is 5.82 Å². The van der Waals surface area contributed by atoms with E-state index >= 15 is 0 Å². The van der Waals surface area contributed by atoms with Gasteiger partial charge in [-0.25, -0.2) is 4.39 Å². The third-order valence-electron chi connectivity index (χ3n) is 4.02. The van der Waals surface area contributed by atoms with Crippen molar-refractivity contribution in [3.05, 3.63) is 64.2 Å². The molecule has 0 bridgehead atoms. The highest BCUT2D eigenvalue weighted by molar-refractivity contribution is 7.07. The van der Waals surface area contributed by atoms with E-state index < -0.39 is 0 Å². The predicted molar refractivity (Wildman–Crippen MR) is 97.1 cm³/mol. The number of halogens is 1. The van der Waals surface area contributed by atoms with E-state index in [1.54, 1.807) is 23.5 Å². The van der Waals surface area contributed by atoms with Gasteiger partial charge >= 0.3 is 0 Å². The number of benzene rings is 1. The average Bonchev–Trinajstić information content (AvgIpc) is 3.27. The normalized spacial score (nSPS) is 12.3. The molecule has 130 valence electrons. The van der Waals surface area contributed by atoms with E-state index in [-0.39, 0.29) is 17.8 Å². The van der Waals surface area contributed by atoms with Crippen molar-refractivity contribution in [1.82, 2.24) is 20.4 Å². The molecular weight excluding hydrogens is 339 g/mol. The summed E-state index contributed by atoms with van der Waals surface area (Å²) in [6, 6.07) is 8.11. The van der Waals surface area contributed by atoms with Crippen LogP contribution in [0.25, 0.3) is 11.3 Å². The summed E-state index contributed by atoms with van der Waals surface area (Å²) in [5.41, 5.74) is 2.90. The number of likely N-dealkylation sites (N-methyl/N-ethyl adjacent to an activating group) is 1. The summed E-state index contributed by atoms with van der Waals surface area (Å²) in [6.45, 7) is 0.483. The molecule has 0 unspecified atom stereocenters. The van der Waals surface area contributed by atoms with Gasteiger partial charge in [-0.3, -0.25) is 9.89 Å². The molecule has 0 radical (unpaired) electrons. The Morgan fingerprint density at radius 3 is 2.72 bits per heavy atom. The highest BCUT2D eigenvalue weighted by Gasteiger charge is 2.19. The maximum Gasteiger partial charge on any atom is 0.255 e. The second-order valence-corrected chi connectivity index (χ2v) is 6.69. The van der Waals surface area contributed by atoms with E-state index in [2.05, 4.69) is 31.9 Å². The van der Waals surface area contributed by atoms with Crippen molar-refractivity contribution in [2.45, 2.75) is 6.04 Å². The minimum Gasteiger partial charge on any atom is -0.350 e. The van der Waals surface area contributed by atoms with Crippen LogP contribution in [-0.4, -0.2) is 41.6 Å². The van der Waals surface area contributed by atoms with Gasteiger partial charge in [0.25, 0.3) is 5.91 Å². The Balaban J connectivity index is 1.74. The van der Waals surface area contributed by atoms with Crippen LogP contribution in [0.3, 0.4) is 0 Å². The Labute approximate surface area is 149 Å². The Bertz CT molecular complexity index is 827. The smallest absolute Gasteiger partial charge is 0.255 e. The van der Waals surface area contributed by atoms with Crippen LogP contribution in [0.2, 0.25) is 0 Å². The maximum absolute atomic E-state index is 13.1. The number of carbonyl (C=O) groups is 1. The summed E-state index contributed by atoms with van der Waals surface area (Å²) < 4.78 is 13.1. The SMILES string of the molecule is CN(C)[C@H](CNC(=O)c1cn[nH]c1-c1ccc(F)cc1)c1ccsc1. The van der Waals surface area contributed by atoms with Crippen molar-refractivity contribution in [1.29, 1.82) is 0 Å². The summed E-state index contributed by atoms with van der Waals surface area (Å²) in [5, 5.41) is 13.9. The first kappa shape index (κ1) is 17.3. The van der Waals surface area contributed by atoms with Crippen LogP contribution < -0.4 is 5.32 Å². The molecule has 2 aromatic heterocycles. The zero-order valence-corrected chi connectivity index (χ0v) is 14.8. The topological polar surface area (TPSA) is 61.0 Å². The lowest BCUT2D eigenvalue weighted by Crippen LogP contribution is -2.34. The minimum atomic E-state index is -0.321. The molecule has 25 heavy (non-hydrogen) atoms. The third-order valence-corrected chi connectivity index (χ3v) is 4.73. The number of hydrogen-bond donors (Lipinski definition) is 2. The number of thiophene rings is 1. The first-order chi connectivity index (χ1) is 12.1. The van der Waals surface area contributed by atoms with E-state index in [4.69, 9.17) is 0 Å². The molecule has 5 nitrogen and oxygen atoms in total. The first-order valence-corrected chi connectivity index (χ1v) is 8.76. The second-order valence-electron chi connectivity index (χ2n) is 5.91. The lowest BCUT2D eigenvalue weighted by molar-refractivity contribution is 0.0942. The van der Waals surface area contributed by atoms with Gasteiger partial charge in [-0.05, 0) is 60.8 Å².